The number of benzene rings is 1. The fourth-order valence-corrected chi connectivity index (χ4v) is 5.80. The maximum Gasteiger partial charge on any atom is 0.272 e. The van der Waals surface area contributed by atoms with Crippen LogP contribution in [-0.4, -0.2) is 11.2 Å². The summed E-state index contributed by atoms with van der Waals surface area (Å²) in [6, 6.07) is 6.05. The van der Waals surface area contributed by atoms with Gasteiger partial charge in [-0.25, -0.2) is 0 Å². The first-order chi connectivity index (χ1) is 10.6. The molecule has 3 aliphatic rings. The molecule has 1 N–H and O–H groups in total. The summed E-state index contributed by atoms with van der Waals surface area (Å²) in [5, 5.41) is 10.4. The molecule has 0 saturated heterocycles. The normalized spacial score (nSPS) is 39.8. The van der Waals surface area contributed by atoms with Gasteiger partial charge in [-0.2, -0.15) is 0 Å². The van der Waals surface area contributed by atoms with Gasteiger partial charge < -0.3 is 9.29 Å². The van der Waals surface area contributed by atoms with E-state index in [4.69, 9.17) is 4.18 Å². The average molecular weight is 322 g/mol. The number of aryl methyl sites for hydroxylation is 1. The van der Waals surface area contributed by atoms with Crippen LogP contribution in [0.25, 0.3) is 0 Å². The summed E-state index contributed by atoms with van der Waals surface area (Å²) >= 11 is -0.0874. The van der Waals surface area contributed by atoms with Gasteiger partial charge in [-0.3, -0.25) is 0 Å². The molecule has 3 aliphatic carbocycles. The topological polar surface area (TPSA) is 29.5 Å². The van der Waals surface area contributed by atoms with Crippen molar-refractivity contribution >= 4 is 12.4 Å². The zero-order valence-electron chi connectivity index (χ0n) is 12.9. The van der Waals surface area contributed by atoms with E-state index in [1.165, 1.54) is 30.4 Å². The van der Waals surface area contributed by atoms with E-state index in [-0.39, 0.29) is 23.9 Å². The summed E-state index contributed by atoms with van der Waals surface area (Å²) < 4.78 is 17.2. The van der Waals surface area contributed by atoms with E-state index in [0.717, 1.165) is 19.3 Å². The standard InChI is InChI=1S/C18H23FO2S/c1-18-9-8-14-13-5-3-12(21-22-19)10-11(13)2-4-15(14)16(18)6-7-17(18)20/h3,5,10,14-17,20H,2,4,6-9H2,1H3. The Morgan fingerprint density at radius 2 is 2.14 bits per heavy atom. The highest BCUT2D eigenvalue weighted by atomic mass is 32.2. The van der Waals surface area contributed by atoms with E-state index < -0.39 is 0 Å². The van der Waals surface area contributed by atoms with Crippen LogP contribution in [0.4, 0.5) is 3.89 Å². The Hall–Kier alpha value is -0.740. The Bertz CT molecular complexity index is 578. The molecule has 4 heteroatoms. The van der Waals surface area contributed by atoms with E-state index in [9.17, 15) is 8.99 Å². The minimum Gasteiger partial charge on any atom is -0.397 e. The molecule has 0 spiro atoms. The largest absolute Gasteiger partial charge is 0.397 e. The van der Waals surface area contributed by atoms with E-state index in [1.807, 2.05) is 12.1 Å². The highest BCUT2D eigenvalue weighted by Crippen LogP contribution is 2.60. The molecule has 5 unspecified atom stereocenters. The highest BCUT2D eigenvalue weighted by Gasteiger charge is 2.54. The van der Waals surface area contributed by atoms with Crippen LogP contribution in [0.5, 0.6) is 5.75 Å². The Kier molecular flexibility index (Phi) is 3.65. The summed E-state index contributed by atoms with van der Waals surface area (Å²) in [5.74, 6) is 2.58. The van der Waals surface area contributed by atoms with Gasteiger partial charge in [-0.05, 0) is 85.0 Å². The van der Waals surface area contributed by atoms with Gasteiger partial charge in [0, 0.05) is 0 Å². The van der Waals surface area contributed by atoms with E-state index in [2.05, 4.69) is 13.0 Å². The van der Waals surface area contributed by atoms with Crippen molar-refractivity contribution in [2.24, 2.45) is 17.3 Å². The first kappa shape index (κ1) is 14.8. The zero-order valence-corrected chi connectivity index (χ0v) is 13.7. The van der Waals surface area contributed by atoms with Crippen LogP contribution >= 0.6 is 12.4 Å². The Labute approximate surface area is 135 Å². The third kappa shape index (κ3) is 2.10. The van der Waals surface area contributed by atoms with Crippen LogP contribution in [0.2, 0.25) is 0 Å². The van der Waals surface area contributed by atoms with Crippen molar-refractivity contribution in [1.82, 2.24) is 0 Å². The lowest BCUT2D eigenvalue weighted by molar-refractivity contribution is -0.0226. The lowest BCUT2D eigenvalue weighted by Gasteiger charge is -2.50. The number of aliphatic hydroxyl groups is 1. The van der Waals surface area contributed by atoms with Crippen LogP contribution in [-0.2, 0) is 6.42 Å². The molecule has 0 heterocycles. The summed E-state index contributed by atoms with van der Waals surface area (Å²) in [7, 11) is 0. The number of aliphatic hydroxyl groups excluding tert-OH is 1. The fraction of sp³-hybridized carbons (Fsp3) is 0.667. The van der Waals surface area contributed by atoms with Crippen molar-refractivity contribution in [2.45, 2.75) is 57.5 Å². The fourth-order valence-electron chi connectivity index (χ4n) is 5.62. The minimum atomic E-state index is -0.114. The zero-order chi connectivity index (χ0) is 15.3. The van der Waals surface area contributed by atoms with Crippen molar-refractivity contribution in [3.05, 3.63) is 29.3 Å². The number of halogens is 1. The molecule has 22 heavy (non-hydrogen) atoms. The lowest BCUT2D eigenvalue weighted by atomic mass is 9.55. The van der Waals surface area contributed by atoms with E-state index >= 15 is 0 Å². The molecule has 0 aliphatic heterocycles. The van der Waals surface area contributed by atoms with E-state index in [1.54, 1.807) is 0 Å². The molecule has 0 amide bonds. The molecular formula is C18H23FO2S. The van der Waals surface area contributed by atoms with Crippen molar-refractivity contribution < 1.29 is 13.2 Å². The number of rotatable bonds is 2. The second kappa shape index (κ2) is 5.41. The summed E-state index contributed by atoms with van der Waals surface area (Å²) in [6.45, 7) is 2.30. The average Bonchev–Trinajstić information content (AvgIpc) is 2.83. The second-order valence-corrected chi connectivity index (χ2v) is 7.85. The van der Waals surface area contributed by atoms with Crippen molar-refractivity contribution in [3.8, 4) is 5.75 Å². The Balaban J connectivity index is 1.64. The van der Waals surface area contributed by atoms with Crippen LogP contribution < -0.4 is 4.18 Å². The van der Waals surface area contributed by atoms with Crippen molar-refractivity contribution in [1.29, 1.82) is 0 Å². The van der Waals surface area contributed by atoms with Crippen LogP contribution in [0, 0.1) is 17.3 Å². The monoisotopic (exact) mass is 322 g/mol. The molecule has 2 nitrogen and oxygen atoms in total. The Morgan fingerprint density at radius 1 is 1.27 bits per heavy atom. The van der Waals surface area contributed by atoms with Crippen molar-refractivity contribution in [2.75, 3.05) is 0 Å². The first-order valence-corrected chi connectivity index (χ1v) is 9.04. The number of hydrogen-bond acceptors (Lipinski definition) is 3. The van der Waals surface area contributed by atoms with Crippen molar-refractivity contribution in [3.63, 3.8) is 0 Å². The van der Waals surface area contributed by atoms with Gasteiger partial charge in [0.25, 0.3) is 12.4 Å². The molecule has 1 aromatic rings. The molecule has 0 radical (unpaired) electrons. The maximum absolute atomic E-state index is 12.3. The smallest absolute Gasteiger partial charge is 0.272 e. The van der Waals surface area contributed by atoms with Gasteiger partial charge >= 0.3 is 0 Å². The van der Waals surface area contributed by atoms with Crippen LogP contribution in [0.1, 0.15) is 56.1 Å². The highest BCUT2D eigenvalue weighted by molar-refractivity contribution is 7.89. The Morgan fingerprint density at radius 3 is 2.95 bits per heavy atom. The summed E-state index contributed by atoms with van der Waals surface area (Å²) in [6.07, 6.45) is 6.56. The first-order valence-electron chi connectivity index (χ1n) is 8.39. The van der Waals surface area contributed by atoms with E-state index in [0.29, 0.717) is 23.5 Å². The van der Waals surface area contributed by atoms with Gasteiger partial charge in [0.1, 0.15) is 5.75 Å². The molecule has 4 rings (SSSR count). The van der Waals surface area contributed by atoms with Gasteiger partial charge in [0.15, 0.2) is 0 Å². The van der Waals surface area contributed by atoms with Gasteiger partial charge in [-0.1, -0.05) is 13.0 Å². The molecule has 0 bridgehead atoms. The summed E-state index contributed by atoms with van der Waals surface area (Å²) in [5.41, 5.74) is 2.90. The molecule has 2 saturated carbocycles. The molecule has 2 fully saturated rings. The minimum absolute atomic E-state index is 0.0874. The van der Waals surface area contributed by atoms with Gasteiger partial charge in [0.2, 0.25) is 0 Å². The third-order valence-electron chi connectivity index (χ3n) is 6.78. The van der Waals surface area contributed by atoms with Crippen LogP contribution in [0.15, 0.2) is 18.2 Å². The molecule has 5 atom stereocenters. The third-order valence-corrected chi connectivity index (χ3v) is 7.03. The number of hydrogen-bond donors (Lipinski definition) is 1. The summed E-state index contributed by atoms with van der Waals surface area (Å²) in [4.78, 5) is 0. The van der Waals surface area contributed by atoms with Crippen LogP contribution in [0.3, 0.4) is 0 Å². The predicted molar refractivity (Wildman–Crippen MR) is 86.4 cm³/mol. The predicted octanol–water partition coefficient (Wildman–Crippen LogP) is 4.82. The lowest BCUT2D eigenvalue weighted by Crippen LogP contribution is -2.43. The van der Waals surface area contributed by atoms with Gasteiger partial charge in [-0.15, -0.1) is 3.89 Å². The molecule has 1 aromatic carbocycles. The van der Waals surface area contributed by atoms with Gasteiger partial charge in [0.05, 0.1) is 6.10 Å². The molecule has 0 aromatic heterocycles. The quantitative estimate of drug-likeness (QED) is 0.792. The molecular weight excluding hydrogens is 299 g/mol. The molecule has 120 valence electrons. The maximum atomic E-state index is 12.3. The SMILES string of the molecule is CC12CCC3c4ccc(OSF)cc4CCC3C1CCC2O. The number of fused-ring (bicyclic) bond motifs is 5. The second-order valence-electron chi connectivity index (χ2n) is 7.56.